The monoisotopic (exact) mass is 303 g/mol. The minimum absolute atomic E-state index is 0.232. The molecule has 3 rings (SSSR count). The van der Waals surface area contributed by atoms with Gasteiger partial charge in [0.15, 0.2) is 5.13 Å². The summed E-state index contributed by atoms with van der Waals surface area (Å²) < 4.78 is 0.852. The second-order valence-corrected chi connectivity index (χ2v) is 5.94. The molecule has 0 saturated carbocycles. The van der Waals surface area contributed by atoms with E-state index in [1.165, 1.54) is 11.3 Å². The van der Waals surface area contributed by atoms with E-state index in [0.717, 1.165) is 10.2 Å². The number of nitrogens with one attached hydrogen (secondary N) is 1. The number of anilines is 1. The summed E-state index contributed by atoms with van der Waals surface area (Å²) in [5.74, 6) is -1.63. The number of nitrogens with zero attached hydrogens (tertiary/aromatic N) is 1. The van der Waals surface area contributed by atoms with Crippen molar-refractivity contribution >= 4 is 38.6 Å². The van der Waals surface area contributed by atoms with Crippen LogP contribution in [0.5, 0.6) is 0 Å². The summed E-state index contributed by atoms with van der Waals surface area (Å²) in [4.78, 5) is 27.2. The highest BCUT2D eigenvalue weighted by Gasteiger charge is 2.25. The highest BCUT2D eigenvalue weighted by Crippen LogP contribution is 2.25. The summed E-state index contributed by atoms with van der Waals surface area (Å²) in [7, 11) is 0. The van der Waals surface area contributed by atoms with Gasteiger partial charge in [0.2, 0.25) is 0 Å². The van der Waals surface area contributed by atoms with Crippen molar-refractivity contribution in [3.8, 4) is 0 Å². The molecule has 1 aromatic carbocycles. The Kier molecular flexibility index (Phi) is 3.34. The molecule has 1 aliphatic carbocycles. The van der Waals surface area contributed by atoms with E-state index in [1.54, 1.807) is 30.4 Å². The smallest absolute Gasteiger partial charge is 0.310 e. The first-order valence-corrected chi connectivity index (χ1v) is 7.22. The number of hydrogen-bond acceptors (Lipinski definition) is 5. The lowest BCUT2D eigenvalue weighted by molar-refractivity contribution is -0.140. The molecule has 4 N–H and O–H groups in total. The molecule has 21 heavy (non-hydrogen) atoms. The molecule has 2 aromatic rings. The number of carboxylic acids is 1. The van der Waals surface area contributed by atoms with Crippen molar-refractivity contribution in [2.24, 2.45) is 5.92 Å². The number of rotatable bonds is 3. The Hall–Kier alpha value is -2.41. The normalized spacial score (nSPS) is 20.8. The quantitative estimate of drug-likeness (QED) is 0.747. The Balaban J connectivity index is 1.72. The van der Waals surface area contributed by atoms with Crippen LogP contribution in [0.25, 0.3) is 10.2 Å². The molecule has 6 nitrogen and oxygen atoms in total. The van der Waals surface area contributed by atoms with E-state index in [2.05, 4.69) is 10.3 Å². The van der Waals surface area contributed by atoms with Crippen LogP contribution in [0.15, 0.2) is 30.4 Å². The van der Waals surface area contributed by atoms with Crippen molar-refractivity contribution in [3.63, 3.8) is 0 Å². The van der Waals surface area contributed by atoms with Gasteiger partial charge in [-0.2, -0.15) is 0 Å². The minimum Gasteiger partial charge on any atom is -0.481 e. The van der Waals surface area contributed by atoms with Crippen LogP contribution in [-0.2, 0) is 4.79 Å². The molecule has 1 heterocycles. The van der Waals surface area contributed by atoms with Gasteiger partial charge in [-0.25, -0.2) is 4.98 Å². The molecule has 0 fully saturated rings. The molecular formula is C14H13N3O3S. The predicted octanol–water partition coefficient (Wildman–Crippen LogP) is 1.64. The van der Waals surface area contributed by atoms with E-state index in [-0.39, 0.29) is 11.9 Å². The summed E-state index contributed by atoms with van der Waals surface area (Å²) in [5, 5.41) is 12.2. The van der Waals surface area contributed by atoms with Gasteiger partial charge in [0.25, 0.3) is 5.91 Å². The number of nitrogen functional groups attached to an aromatic ring is 1. The van der Waals surface area contributed by atoms with Crippen LogP contribution in [0.1, 0.15) is 16.8 Å². The maximum Gasteiger partial charge on any atom is 0.310 e. The number of aromatic nitrogens is 1. The number of carboxylic acid groups (broad SMARTS) is 1. The topological polar surface area (TPSA) is 105 Å². The Bertz CT molecular complexity index is 753. The average molecular weight is 303 g/mol. The molecule has 0 bridgehead atoms. The van der Waals surface area contributed by atoms with Crippen molar-refractivity contribution in [2.75, 3.05) is 5.73 Å². The van der Waals surface area contributed by atoms with Crippen LogP contribution >= 0.6 is 11.3 Å². The lowest BCUT2D eigenvalue weighted by Crippen LogP contribution is -2.33. The average Bonchev–Trinajstić information content (AvgIpc) is 3.02. The Labute approximate surface area is 124 Å². The summed E-state index contributed by atoms with van der Waals surface area (Å²) >= 11 is 1.33. The third kappa shape index (κ3) is 2.73. The third-order valence-corrected chi connectivity index (χ3v) is 4.23. The molecule has 0 saturated heterocycles. The molecule has 7 heteroatoms. The summed E-state index contributed by atoms with van der Waals surface area (Å²) in [6, 6.07) is 4.93. The standard InChI is InChI=1S/C14H13N3O3S/c15-14-17-10-4-2-7(6-11(10)21-14)12(18)16-9-3-1-8(5-9)13(19)20/h1-4,6,8-9H,5H2,(H2,15,17)(H,16,18)(H,19,20). The van der Waals surface area contributed by atoms with Crippen molar-refractivity contribution in [1.29, 1.82) is 0 Å². The van der Waals surface area contributed by atoms with E-state index in [0.29, 0.717) is 17.1 Å². The Morgan fingerprint density at radius 3 is 2.90 bits per heavy atom. The second kappa shape index (κ2) is 5.17. The van der Waals surface area contributed by atoms with Crippen LogP contribution in [0.4, 0.5) is 5.13 Å². The molecule has 108 valence electrons. The van der Waals surface area contributed by atoms with Crippen LogP contribution in [0.3, 0.4) is 0 Å². The van der Waals surface area contributed by atoms with Gasteiger partial charge in [0.1, 0.15) is 0 Å². The second-order valence-electron chi connectivity index (χ2n) is 4.88. The maximum atomic E-state index is 12.2. The van der Waals surface area contributed by atoms with Crippen molar-refractivity contribution in [2.45, 2.75) is 12.5 Å². The van der Waals surface area contributed by atoms with E-state index >= 15 is 0 Å². The molecular weight excluding hydrogens is 290 g/mol. The first kappa shape index (κ1) is 13.6. The first-order valence-electron chi connectivity index (χ1n) is 6.41. The number of carbonyl (C=O) groups excluding carboxylic acids is 1. The van der Waals surface area contributed by atoms with Crippen LogP contribution in [0, 0.1) is 5.92 Å². The summed E-state index contributed by atoms with van der Waals surface area (Å²) in [6.45, 7) is 0. The van der Waals surface area contributed by atoms with Crippen molar-refractivity contribution < 1.29 is 14.7 Å². The minimum atomic E-state index is -0.871. The molecule has 0 spiro atoms. The number of thiazole rings is 1. The number of benzene rings is 1. The SMILES string of the molecule is Nc1nc2ccc(C(=O)NC3C=CC(C(=O)O)C3)cc2s1. The van der Waals surface area contributed by atoms with Crippen molar-refractivity contribution in [3.05, 3.63) is 35.9 Å². The molecule has 1 amide bonds. The van der Waals surface area contributed by atoms with Gasteiger partial charge in [0.05, 0.1) is 16.1 Å². The zero-order valence-electron chi connectivity index (χ0n) is 10.9. The fraction of sp³-hybridized carbons (Fsp3) is 0.214. The maximum absolute atomic E-state index is 12.2. The van der Waals surface area contributed by atoms with Gasteiger partial charge in [-0.1, -0.05) is 23.5 Å². The van der Waals surface area contributed by atoms with E-state index in [9.17, 15) is 9.59 Å². The predicted molar refractivity (Wildman–Crippen MR) is 80.2 cm³/mol. The van der Waals surface area contributed by atoms with Crippen LogP contribution in [0.2, 0.25) is 0 Å². The highest BCUT2D eigenvalue weighted by molar-refractivity contribution is 7.22. The van der Waals surface area contributed by atoms with Gasteiger partial charge >= 0.3 is 5.97 Å². The van der Waals surface area contributed by atoms with E-state index < -0.39 is 11.9 Å². The Morgan fingerprint density at radius 2 is 2.19 bits per heavy atom. The van der Waals surface area contributed by atoms with Crippen LogP contribution < -0.4 is 11.1 Å². The third-order valence-electron chi connectivity index (χ3n) is 3.38. The number of carbonyl (C=O) groups is 2. The molecule has 0 aliphatic heterocycles. The molecule has 1 aromatic heterocycles. The van der Waals surface area contributed by atoms with Gasteiger partial charge in [-0.05, 0) is 24.6 Å². The molecule has 1 aliphatic rings. The number of amides is 1. The highest BCUT2D eigenvalue weighted by atomic mass is 32.1. The van der Waals surface area contributed by atoms with Crippen molar-refractivity contribution in [1.82, 2.24) is 10.3 Å². The lowest BCUT2D eigenvalue weighted by atomic mass is 10.1. The molecule has 0 radical (unpaired) electrons. The van der Waals surface area contributed by atoms with E-state index in [1.807, 2.05) is 0 Å². The van der Waals surface area contributed by atoms with Gasteiger partial charge in [-0.15, -0.1) is 0 Å². The van der Waals surface area contributed by atoms with Gasteiger partial charge < -0.3 is 16.2 Å². The first-order chi connectivity index (χ1) is 10.0. The molecule has 2 unspecified atom stereocenters. The lowest BCUT2D eigenvalue weighted by Gasteiger charge is -2.12. The molecule has 2 atom stereocenters. The fourth-order valence-corrected chi connectivity index (χ4v) is 3.10. The number of nitrogens with two attached hydrogens (primary N) is 1. The summed E-state index contributed by atoms with van der Waals surface area (Å²) in [6.07, 6.45) is 3.72. The number of fused-ring (bicyclic) bond motifs is 1. The summed E-state index contributed by atoms with van der Waals surface area (Å²) in [5.41, 5.74) is 6.91. The van der Waals surface area contributed by atoms with Crippen LogP contribution in [-0.4, -0.2) is 28.0 Å². The fourth-order valence-electron chi connectivity index (χ4n) is 2.32. The zero-order valence-corrected chi connectivity index (χ0v) is 11.8. The Morgan fingerprint density at radius 1 is 1.38 bits per heavy atom. The van der Waals surface area contributed by atoms with E-state index in [4.69, 9.17) is 10.8 Å². The van der Waals surface area contributed by atoms with Gasteiger partial charge in [-0.3, -0.25) is 9.59 Å². The number of hydrogen-bond donors (Lipinski definition) is 3. The largest absolute Gasteiger partial charge is 0.481 e. The number of aliphatic carboxylic acids is 1. The van der Waals surface area contributed by atoms with Gasteiger partial charge in [0, 0.05) is 11.6 Å². The zero-order chi connectivity index (χ0) is 15.0.